The summed E-state index contributed by atoms with van der Waals surface area (Å²) >= 11 is 0. The lowest BCUT2D eigenvalue weighted by Gasteiger charge is -2.10. The molecule has 3 nitrogen and oxygen atoms in total. The maximum atomic E-state index is 5.69. The fourth-order valence-corrected chi connectivity index (χ4v) is 2.45. The monoisotopic (exact) mass is 313 g/mol. The van der Waals surface area contributed by atoms with Crippen LogP contribution in [0.4, 0.5) is 0 Å². The van der Waals surface area contributed by atoms with Crippen LogP contribution in [0.1, 0.15) is 23.6 Å². The molecule has 0 heterocycles. The van der Waals surface area contributed by atoms with Crippen molar-refractivity contribution in [3.63, 3.8) is 0 Å². The molecule has 0 aliphatic rings. The van der Waals surface area contributed by atoms with Gasteiger partial charge in [-0.05, 0) is 55.6 Å². The van der Waals surface area contributed by atoms with Crippen molar-refractivity contribution in [2.24, 2.45) is 0 Å². The van der Waals surface area contributed by atoms with Gasteiger partial charge in [0.15, 0.2) is 0 Å². The van der Waals surface area contributed by atoms with E-state index in [0.29, 0.717) is 13.2 Å². The molecule has 0 saturated heterocycles. The lowest BCUT2D eigenvalue weighted by molar-refractivity contribution is 0.110. The van der Waals surface area contributed by atoms with Crippen LogP contribution in [0.15, 0.2) is 48.5 Å². The summed E-state index contributed by atoms with van der Waals surface area (Å²) in [6.07, 6.45) is 1.05. The lowest BCUT2D eigenvalue weighted by Crippen LogP contribution is -2.17. The van der Waals surface area contributed by atoms with Gasteiger partial charge in [-0.3, -0.25) is 0 Å². The fourth-order valence-electron chi connectivity index (χ4n) is 2.45. The normalized spacial score (nSPS) is 10.7. The molecule has 0 radical (unpaired) electrons. The van der Waals surface area contributed by atoms with Crippen molar-refractivity contribution in [1.82, 2.24) is 5.32 Å². The number of rotatable bonds is 10. The van der Waals surface area contributed by atoms with E-state index in [9.17, 15) is 0 Å². The first-order valence-corrected chi connectivity index (χ1v) is 8.34. The quantitative estimate of drug-likeness (QED) is 0.678. The molecule has 0 unspecified atom stereocenters. The molecule has 3 heteroatoms. The second-order valence-electron chi connectivity index (χ2n) is 5.55. The zero-order valence-electron chi connectivity index (χ0n) is 14.2. The third-order valence-electron chi connectivity index (χ3n) is 3.76. The predicted molar refractivity (Wildman–Crippen MR) is 95.0 cm³/mol. The van der Waals surface area contributed by atoms with Gasteiger partial charge in [0.1, 0.15) is 12.4 Å². The van der Waals surface area contributed by atoms with Gasteiger partial charge >= 0.3 is 0 Å². The van der Waals surface area contributed by atoms with Crippen LogP contribution in [0, 0.1) is 6.92 Å². The van der Waals surface area contributed by atoms with Gasteiger partial charge < -0.3 is 14.8 Å². The number of ether oxygens (including phenoxy) is 2. The summed E-state index contributed by atoms with van der Waals surface area (Å²) in [7, 11) is 0. The van der Waals surface area contributed by atoms with Crippen molar-refractivity contribution in [1.29, 1.82) is 0 Å². The van der Waals surface area contributed by atoms with Crippen LogP contribution in [0.5, 0.6) is 5.75 Å². The van der Waals surface area contributed by atoms with Crippen LogP contribution >= 0.6 is 0 Å². The third-order valence-corrected chi connectivity index (χ3v) is 3.76. The van der Waals surface area contributed by atoms with Gasteiger partial charge in [0.05, 0.1) is 6.61 Å². The zero-order chi connectivity index (χ0) is 16.3. The molecule has 0 aromatic heterocycles. The van der Waals surface area contributed by atoms with Crippen molar-refractivity contribution in [2.45, 2.75) is 26.8 Å². The van der Waals surface area contributed by atoms with Crippen LogP contribution < -0.4 is 10.1 Å². The van der Waals surface area contributed by atoms with E-state index in [4.69, 9.17) is 9.47 Å². The highest BCUT2D eigenvalue weighted by Crippen LogP contribution is 2.13. The number of benzene rings is 2. The molecule has 23 heavy (non-hydrogen) atoms. The number of aryl methyl sites for hydroxylation is 1. The summed E-state index contributed by atoms with van der Waals surface area (Å²) in [5.41, 5.74) is 4.01. The van der Waals surface area contributed by atoms with Crippen LogP contribution in [-0.2, 0) is 17.7 Å². The predicted octanol–water partition coefficient (Wildman–Crippen LogP) is 3.74. The molecule has 0 aliphatic carbocycles. The summed E-state index contributed by atoms with van der Waals surface area (Å²) in [4.78, 5) is 0. The standard InChI is InChI=1S/C20H27NO2/c1-3-22-13-14-23-20-10-6-8-18(15-20)16-21-12-11-19-9-5-4-7-17(19)2/h4-10,15,21H,3,11-14,16H2,1-2H3. The Morgan fingerprint density at radius 1 is 1.00 bits per heavy atom. The van der Waals surface area contributed by atoms with Crippen LogP contribution in [0.3, 0.4) is 0 Å². The first-order valence-electron chi connectivity index (χ1n) is 8.34. The number of hydrogen-bond acceptors (Lipinski definition) is 3. The molecule has 1 N–H and O–H groups in total. The van der Waals surface area contributed by atoms with Gasteiger partial charge in [-0.1, -0.05) is 36.4 Å². The molecule has 0 saturated carbocycles. The molecule has 0 bridgehead atoms. The maximum Gasteiger partial charge on any atom is 0.119 e. The van der Waals surface area contributed by atoms with Gasteiger partial charge in [-0.2, -0.15) is 0 Å². The van der Waals surface area contributed by atoms with E-state index in [2.05, 4.69) is 48.6 Å². The van der Waals surface area contributed by atoms with Gasteiger partial charge in [0.25, 0.3) is 0 Å². The summed E-state index contributed by atoms with van der Waals surface area (Å²) < 4.78 is 11.0. The first-order chi connectivity index (χ1) is 11.3. The largest absolute Gasteiger partial charge is 0.491 e. The fraction of sp³-hybridized carbons (Fsp3) is 0.400. The van der Waals surface area contributed by atoms with E-state index >= 15 is 0 Å². The molecule has 2 aromatic rings. The Bertz CT molecular complexity index is 583. The van der Waals surface area contributed by atoms with Gasteiger partial charge in [-0.15, -0.1) is 0 Å². The van der Waals surface area contributed by atoms with Crippen LogP contribution in [0.2, 0.25) is 0 Å². The Hall–Kier alpha value is -1.84. The Kier molecular flexibility index (Phi) is 7.64. The smallest absolute Gasteiger partial charge is 0.119 e. The topological polar surface area (TPSA) is 30.5 Å². The first kappa shape index (κ1) is 17.5. The minimum Gasteiger partial charge on any atom is -0.491 e. The van der Waals surface area contributed by atoms with Crippen LogP contribution in [0.25, 0.3) is 0 Å². The van der Waals surface area contributed by atoms with Gasteiger partial charge in [0, 0.05) is 13.2 Å². The van der Waals surface area contributed by atoms with Crippen molar-refractivity contribution in [3.8, 4) is 5.75 Å². The molecule has 0 atom stereocenters. The van der Waals surface area contributed by atoms with Gasteiger partial charge in [-0.25, -0.2) is 0 Å². The molecule has 0 amide bonds. The SMILES string of the molecule is CCOCCOc1cccc(CNCCc2ccccc2C)c1. The minimum atomic E-state index is 0.595. The Balaban J connectivity index is 1.72. The average Bonchev–Trinajstić information content (AvgIpc) is 2.57. The van der Waals surface area contributed by atoms with E-state index < -0.39 is 0 Å². The molecule has 0 fully saturated rings. The Labute approximate surface area is 139 Å². The third kappa shape index (κ3) is 6.43. The van der Waals surface area contributed by atoms with Crippen LogP contribution in [-0.4, -0.2) is 26.4 Å². The molecule has 2 rings (SSSR count). The molecule has 0 spiro atoms. The van der Waals surface area contributed by atoms with Crippen molar-refractivity contribution in [2.75, 3.05) is 26.4 Å². The molecule has 124 valence electrons. The van der Waals surface area contributed by atoms with Crippen molar-refractivity contribution >= 4 is 0 Å². The zero-order valence-corrected chi connectivity index (χ0v) is 14.2. The number of nitrogens with one attached hydrogen (secondary N) is 1. The van der Waals surface area contributed by atoms with Gasteiger partial charge in [0.2, 0.25) is 0 Å². The average molecular weight is 313 g/mol. The minimum absolute atomic E-state index is 0.595. The van der Waals surface area contributed by atoms with E-state index in [1.807, 2.05) is 19.1 Å². The molecular weight excluding hydrogens is 286 g/mol. The lowest BCUT2D eigenvalue weighted by atomic mass is 10.1. The summed E-state index contributed by atoms with van der Waals surface area (Å²) in [6, 6.07) is 16.8. The van der Waals surface area contributed by atoms with Crippen molar-refractivity contribution in [3.05, 3.63) is 65.2 Å². The number of hydrogen-bond donors (Lipinski definition) is 1. The van der Waals surface area contributed by atoms with E-state index in [1.165, 1.54) is 16.7 Å². The highest BCUT2D eigenvalue weighted by Gasteiger charge is 1.99. The maximum absolute atomic E-state index is 5.69. The summed E-state index contributed by atoms with van der Waals surface area (Å²) in [5.74, 6) is 0.905. The van der Waals surface area contributed by atoms with E-state index in [0.717, 1.165) is 31.9 Å². The second-order valence-corrected chi connectivity index (χ2v) is 5.55. The molecule has 0 aliphatic heterocycles. The summed E-state index contributed by atoms with van der Waals surface area (Å²) in [5, 5.41) is 3.50. The van der Waals surface area contributed by atoms with Crippen molar-refractivity contribution < 1.29 is 9.47 Å². The molecule has 2 aromatic carbocycles. The molecular formula is C20H27NO2. The Morgan fingerprint density at radius 3 is 2.70 bits per heavy atom. The highest BCUT2D eigenvalue weighted by molar-refractivity contribution is 5.28. The second kappa shape index (κ2) is 10.0. The van der Waals surface area contributed by atoms with E-state index in [1.54, 1.807) is 0 Å². The summed E-state index contributed by atoms with van der Waals surface area (Å²) in [6.45, 7) is 7.94. The Morgan fingerprint density at radius 2 is 1.87 bits per heavy atom. The highest BCUT2D eigenvalue weighted by atomic mass is 16.5. The van der Waals surface area contributed by atoms with E-state index in [-0.39, 0.29) is 0 Å².